The topological polar surface area (TPSA) is 70.8 Å². The van der Waals surface area contributed by atoms with Crippen LogP contribution in [0.2, 0.25) is 0 Å². The van der Waals surface area contributed by atoms with Crippen molar-refractivity contribution in [3.8, 4) is 0 Å². The second-order valence-corrected chi connectivity index (χ2v) is 6.52. The van der Waals surface area contributed by atoms with Crippen LogP contribution in [0, 0.1) is 0 Å². The number of fused-ring (bicyclic) bond motifs is 1. The van der Waals surface area contributed by atoms with E-state index in [0.29, 0.717) is 23.9 Å². The van der Waals surface area contributed by atoms with Gasteiger partial charge in [-0.1, -0.05) is 30.3 Å². The summed E-state index contributed by atoms with van der Waals surface area (Å²) in [5, 5.41) is 0.420. The van der Waals surface area contributed by atoms with Crippen LogP contribution in [0.3, 0.4) is 0 Å². The highest BCUT2D eigenvalue weighted by Crippen LogP contribution is 2.24. The van der Waals surface area contributed by atoms with E-state index >= 15 is 0 Å². The highest BCUT2D eigenvalue weighted by molar-refractivity contribution is 6.03. The molecule has 1 unspecified atom stereocenters. The van der Waals surface area contributed by atoms with E-state index in [4.69, 9.17) is 4.42 Å². The average molecular weight is 362 g/mol. The van der Waals surface area contributed by atoms with Gasteiger partial charge in [-0.3, -0.25) is 14.4 Å². The maximum atomic E-state index is 12.8. The molecule has 6 heteroatoms. The van der Waals surface area contributed by atoms with Gasteiger partial charge in [0.05, 0.1) is 5.39 Å². The molecular formula is C21H18N2O4. The van der Waals surface area contributed by atoms with Gasteiger partial charge in [-0.2, -0.15) is 0 Å². The molecule has 1 aliphatic rings. The maximum absolute atomic E-state index is 12.8. The summed E-state index contributed by atoms with van der Waals surface area (Å²) in [6.07, 6.45) is 0.522. The van der Waals surface area contributed by atoms with Crippen molar-refractivity contribution in [2.45, 2.75) is 12.5 Å². The van der Waals surface area contributed by atoms with Crippen LogP contribution >= 0.6 is 0 Å². The van der Waals surface area contributed by atoms with Crippen LogP contribution in [0.25, 0.3) is 11.0 Å². The average Bonchev–Trinajstić information content (AvgIpc) is 3.09. The van der Waals surface area contributed by atoms with Crippen molar-refractivity contribution in [1.82, 2.24) is 4.90 Å². The predicted molar refractivity (Wildman–Crippen MR) is 102 cm³/mol. The third-order valence-corrected chi connectivity index (χ3v) is 4.88. The van der Waals surface area contributed by atoms with Crippen LogP contribution in [-0.4, -0.2) is 36.3 Å². The SMILES string of the molecule is CN(C(=O)c1cc(=O)c2ccccc2o1)C1CCN(c2ccccc2)C1=O. The second kappa shape index (κ2) is 6.72. The quantitative estimate of drug-likeness (QED) is 0.718. The monoisotopic (exact) mass is 362 g/mol. The highest BCUT2D eigenvalue weighted by atomic mass is 16.3. The molecule has 1 saturated heterocycles. The smallest absolute Gasteiger partial charge is 0.290 e. The molecule has 1 aliphatic heterocycles. The summed E-state index contributed by atoms with van der Waals surface area (Å²) in [4.78, 5) is 40.9. The molecule has 3 aromatic rings. The van der Waals surface area contributed by atoms with Crippen molar-refractivity contribution in [2.75, 3.05) is 18.5 Å². The molecule has 0 N–H and O–H groups in total. The Morgan fingerprint density at radius 1 is 1.07 bits per heavy atom. The summed E-state index contributed by atoms with van der Waals surface area (Å²) in [5.74, 6) is -0.682. The third-order valence-electron chi connectivity index (χ3n) is 4.88. The lowest BCUT2D eigenvalue weighted by Crippen LogP contribution is -2.43. The Morgan fingerprint density at radius 2 is 1.78 bits per heavy atom. The molecule has 4 rings (SSSR count). The van der Waals surface area contributed by atoms with E-state index in [-0.39, 0.29) is 17.1 Å². The maximum Gasteiger partial charge on any atom is 0.290 e. The Morgan fingerprint density at radius 3 is 2.56 bits per heavy atom. The largest absolute Gasteiger partial charge is 0.451 e. The molecule has 2 aromatic carbocycles. The number of hydrogen-bond donors (Lipinski definition) is 0. The molecule has 6 nitrogen and oxygen atoms in total. The van der Waals surface area contributed by atoms with E-state index in [1.807, 2.05) is 30.3 Å². The number of amides is 2. The third kappa shape index (κ3) is 2.99. The number of carbonyl (C=O) groups is 2. The zero-order valence-electron chi connectivity index (χ0n) is 14.8. The number of benzene rings is 2. The van der Waals surface area contributed by atoms with Gasteiger partial charge >= 0.3 is 0 Å². The van der Waals surface area contributed by atoms with Gasteiger partial charge in [-0.25, -0.2) is 0 Å². The normalized spacial score (nSPS) is 16.7. The molecular weight excluding hydrogens is 344 g/mol. The summed E-state index contributed by atoms with van der Waals surface area (Å²) >= 11 is 0. The molecule has 1 fully saturated rings. The van der Waals surface area contributed by atoms with Crippen LogP contribution in [0.1, 0.15) is 17.0 Å². The zero-order valence-corrected chi connectivity index (χ0v) is 14.8. The first kappa shape index (κ1) is 17.0. The standard InChI is InChI=1S/C21H18N2O4/c1-22(16-11-12-23(20(16)25)14-7-3-2-4-8-14)21(26)19-13-17(24)15-9-5-6-10-18(15)27-19/h2-10,13,16H,11-12H2,1H3. The molecule has 136 valence electrons. The minimum Gasteiger partial charge on any atom is -0.451 e. The number of nitrogens with zero attached hydrogens (tertiary/aromatic N) is 2. The molecule has 0 spiro atoms. The van der Waals surface area contributed by atoms with Crippen molar-refractivity contribution in [2.24, 2.45) is 0 Å². The Bertz CT molecular complexity index is 1070. The Labute approximate surface area is 155 Å². The van der Waals surface area contributed by atoms with Gasteiger partial charge in [0.2, 0.25) is 5.91 Å². The Kier molecular flexibility index (Phi) is 4.24. The van der Waals surface area contributed by atoms with Gasteiger partial charge in [0.15, 0.2) is 11.2 Å². The lowest BCUT2D eigenvalue weighted by Gasteiger charge is -2.23. The van der Waals surface area contributed by atoms with Crippen molar-refractivity contribution in [3.63, 3.8) is 0 Å². The number of carbonyl (C=O) groups excluding carboxylic acids is 2. The number of hydrogen-bond acceptors (Lipinski definition) is 4. The molecule has 0 aliphatic carbocycles. The predicted octanol–water partition coefficient (Wildman–Crippen LogP) is 2.67. The van der Waals surface area contributed by atoms with Gasteiger partial charge in [-0.05, 0) is 30.7 Å². The first-order valence-corrected chi connectivity index (χ1v) is 8.73. The molecule has 27 heavy (non-hydrogen) atoms. The molecule has 1 aromatic heterocycles. The van der Waals surface area contributed by atoms with Crippen molar-refractivity contribution < 1.29 is 14.0 Å². The molecule has 2 heterocycles. The lowest BCUT2D eigenvalue weighted by molar-refractivity contribution is -0.120. The van der Waals surface area contributed by atoms with Crippen molar-refractivity contribution in [1.29, 1.82) is 0 Å². The summed E-state index contributed by atoms with van der Waals surface area (Å²) in [5.41, 5.74) is 0.880. The summed E-state index contributed by atoms with van der Waals surface area (Å²) in [6, 6.07) is 16.7. The first-order valence-electron chi connectivity index (χ1n) is 8.73. The molecule has 1 atom stereocenters. The van der Waals surface area contributed by atoms with E-state index in [2.05, 4.69) is 0 Å². The summed E-state index contributed by atoms with van der Waals surface area (Å²) < 4.78 is 5.62. The Balaban J connectivity index is 1.60. The van der Waals surface area contributed by atoms with E-state index in [9.17, 15) is 14.4 Å². The van der Waals surface area contributed by atoms with E-state index in [0.717, 1.165) is 5.69 Å². The molecule has 2 amide bonds. The number of rotatable bonds is 3. The lowest BCUT2D eigenvalue weighted by atomic mass is 10.2. The van der Waals surface area contributed by atoms with E-state index < -0.39 is 11.9 Å². The van der Waals surface area contributed by atoms with Gasteiger partial charge in [-0.15, -0.1) is 0 Å². The zero-order chi connectivity index (χ0) is 19.0. The van der Waals surface area contributed by atoms with Crippen LogP contribution in [0.5, 0.6) is 0 Å². The van der Waals surface area contributed by atoms with Gasteiger partial charge < -0.3 is 14.2 Å². The molecule has 0 bridgehead atoms. The second-order valence-electron chi connectivity index (χ2n) is 6.52. The summed E-state index contributed by atoms with van der Waals surface area (Å²) in [6.45, 7) is 0.535. The van der Waals surface area contributed by atoms with Crippen LogP contribution in [-0.2, 0) is 4.79 Å². The Hall–Kier alpha value is -3.41. The number of likely N-dealkylation sites (N-methyl/N-ethyl adjacent to an activating group) is 1. The van der Waals surface area contributed by atoms with E-state index in [1.165, 1.54) is 11.0 Å². The van der Waals surface area contributed by atoms with Crippen LogP contribution in [0.15, 0.2) is 69.9 Å². The summed E-state index contributed by atoms with van der Waals surface area (Å²) in [7, 11) is 1.56. The molecule has 0 saturated carbocycles. The highest BCUT2D eigenvalue weighted by Gasteiger charge is 2.38. The minimum atomic E-state index is -0.588. The van der Waals surface area contributed by atoms with Crippen LogP contribution in [0.4, 0.5) is 5.69 Å². The minimum absolute atomic E-state index is 0.0628. The van der Waals surface area contributed by atoms with Crippen molar-refractivity contribution >= 4 is 28.5 Å². The van der Waals surface area contributed by atoms with E-state index in [1.54, 1.807) is 36.2 Å². The van der Waals surface area contributed by atoms with Gasteiger partial charge in [0.1, 0.15) is 11.6 Å². The van der Waals surface area contributed by atoms with Gasteiger partial charge in [0, 0.05) is 25.3 Å². The molecule has 0 radical (unpaired) electrons. The fraction of sp³-hybridized carbons (Fsp3) is 0.190. The van der Waals surface area contributed by atoms with Crippen molar-refractivity contribution in [3.05, 3.63) is 76.6 Å². The number of anilines is 1. The van der Waals surface area contributed by atoms with Crippen LogP contribution < -0.4 is 10.3 Å². The van der Waals surface area contributed by atoms with Gasteiger partial charge in [0.25, 0.3) is 5.91 Å². The number of para-hydroxylation sites is 2. The fourth-order valence-corrected chi connectivity index (χ4v) is 3.41. The fourth-order valence-electron chi connectivity index (χ4n) is 3.41. The first-order chi connectivity index (χ1) is 13.1.